The fourth-order valence-corrected chi connectivity index (χ4v) is 2.05. The maximum atomic E-state index is 11.8. The van der Waals surface area contributed by atoms with Gasteiger partial charge in [-0.25, -0.2) is 4.98 Å². The quantitative estimate of drug-likeness (QED) is 0.728. The highest BCUT2D eigenvalue weighted by Gasteiger charge is 2.04. The number of fused-ring (bicyclic) bond motifs is 1. The van der Waals surface area contributed by atoms with Crippen LogP contribution in [0.2, 0.25) is 0 Å². The fourth-order valence-electron chi connectivity index (χ4n) is 2.05. The highest BCUT2D eigenvalue weighted by Crippen LogP contribution is 2.20. The molecule has 0 aliphatic carbocycles. The SMILES string of the molecule is O=C(CCOc1ccc2ccccc2c1)n1ccnc1. The molecule has 3 aromatic rings. The predicted molar refractivity (Wildman–Crippen MR) is 76.9 cm³/mol. The third kappa shape index (κ3) is 2.69. The summed E-state index contributed by atoms with van der Waals surface area (Å²) in [5.41, 5.74) is 0. The minimum absolute atomic E-state index is 0.0247. The summed E-state index contributed by atoms with van der Waals surface area (Å²) in [7, 11) is 0. The number of nitrogens with zero attached hydrogens (tertiary/aromatic N) is 2. The van der Waals surface area contributed by atoms with Crippen molar-refractivity contribution in [1.29, 1.82) is 0 Å². The van der Waals surface area contributed by atoms with Gasteiger partial charge in [-0.1, -0.05) is 30.3 Å². The first kappa shape index (κ1) is 12.4. The molecule has 0 spiro atoms. The van der Waals surface area contributed by atoms with Crippen molar-refractivity contribution in [2.24, 2.45) is 0 Å². The molecule has 0 radical (unpaired) electrons. The second-order valence-electron chi connectivity index (χ2n) is 4.47. The van der Waals surface area contributed by atoms with Crippen LogP contribution < -0.4 is 4.74 Å². The molecule has 0 amide bonds. The molecule has 0 N–H and O–H groups in total. The van der Waals surface area contributed by atoms with Crippen LogP contribution in [0.5, 0.6) is 5.75 Å². The topological polar surface area (TPSA) is 44.1 Å². The van der Waals surface area contributed by atoms with Gasteiger partial charge in [0.1, 0.15) is 12.1 Å². The van der Waals surface area contributed by atoms with Gasteiger partial charge in [0, 0.05) is 12.4 Å². The van der Waals surface area contributed by atoms with E-state index in [4.69, 9.17) is 4.74 Å². The Morgan fingerprint density at radius 3 is 2.80 bits per heavy atom. The molecule has 1 heterocycles. The van der Waals surface area contributed by atoms with Gasteiger partial charge in [0.2, 0.25) is 5.91 Å². The molecule has 0 aliphatic rings. The van der Waals surface area contributed by atoms with Crippen LogP contribution in [-0.2, 0) is 0 Å². The van der Waals surface area contributed by atoms with Gasteiger partial charge in [0.15, 0.2) is 0 Å². The van der Waals surface area contributed by atoms with Gasteiger partial charge in [-0.2, -0.15) is 0 Å². The molecule has 3 rings (SSSR count). The zero-order valence-corrected chi connectivity index (χ0v) is 10.9. The minimum Gasteiger partial charge on any atom is -0.493 e. The van der Waals surface area contributed by atoms with Crippen molar-refractivity contribution in [2.45, 2.75) is 6.42 Å². The van der Waals surface area contributed by atoms with E-state index in [1.807, 2.05) is 36.4 Å². The molecule has 0 atom stereocenters. The fraction of sp³-hybridized carbons (Fsp3) is 0.125. The average molecular weight is 266 g/mol. The van der Waals surface area contributed by atoms with E-state index in [1.165, 1.54) is 16.3 Å². The van der Waals surface area contributed by atoms with Crippen molar-refractivity contribution >= 4 is 16.7 Å². The summed E-state index contributed by atoms with van der Waals surface area (Å²) in [6, 6.07) is 14.0. The van der Waals surface area contributed by atoms with Crippen LogP contribution in [0, 0.1) is 0 Å². The smallest absolute Gasteiger partial charge is 0.235 e. The van der Waals surface area contributed by atoms with Crippen LogP contribution in [-0.4, -0.2) is 22.1 Å². The molecular formula is C16H14N2O2. The van der Waals surface area contributed by atoms with Gasteiger partial charge in [0.05, 0.1) is 13.0 Å². The molecule has 0 saturated heterocycles. The lowest BCUT2D eigenvalue weighted by molar-refractivity contribution is 0.0881. The number of aromatic nitrogens is 2. The third-order valence-corrected chi connectivity index (χ3v) is 3.10. The summed E-state index contributed by atoms with van der Waals surface area (Å²) in [6.45, 7) is 0.357. The Kier molecular flexibility index (Phi) is 3.46. The number of benzene rings is 2. The summed E-state index contributed by atoms with van der Waals surface area (Å²) >= 11 is 0. The van der Waals surface area contributed by atoms with E-state index in [0.717, 1.165) is 11.1 Å². The van der Waals surface area contributed by atoms with E-state index in [0.29, 0.717) is 13.0 Å². The van der Waals surface area contributed by atoms with Crippen LogP contribution in [0.3, 0.4) is 0 Å². The Morgan fingerprint density at radius 1 is 1.15 bits per heavy atom. The monoisotopic (exact) mass is 266 g/mol. The van der Waals surface area contributed by atoms with E-state index < -0.39 is 0 Å². The Morgan fingerprint density at radius 2 is 2.00 bits per heavy atom. The first-order valence-corrected chi connectivity index (χ1v) is 6.46. The molecule has 20 heavy (non-hydrogen) atoms. The van der Waals surface area contributed by atoms with Crippen molar-refractivity contribution in [1.82, 2.24) is 9.55 Å². The maximum Gasteiger partial charge on any atom is 0.235 e. The second kappa shape index (κ2) is 5.57. The number of rotatable bonds is 4. The van der Waals surface area contributed by atoms with Gasteiger partial charge < -0.3 is 4.74 Å². The number of carbonyl (C=O) groups excluding carboxylic acids is 1. The standard InChI is InChI=1S/C16H14N2O2/c19-16(18-9-8-17-12-18)7-10-20-15-6-5-13-3-1-2-4-14(13)11-15/h1-6,8-9,11-12H,7,10H2. The van der Waals surface area contributed by atoms with Gasteiger partial charge in [-0.15, -0.1) is 0 Å². The number of carbonyl (C=O) groups is 1. The summed E-state index contributed by atoms with van der Waals surface area (Å²) in [6.07, 6.45) is 5.04. The van der Waals surface area contributed by atoms with E-state index in [9.17, 15) is 4.79 Å². The third-order valence-electron chi connectivity index (χ3n) is 3.10. The average Bonchev–Trinajstić information content (AvgIpc) is 3.01. The Bertz CT molecular complexity index is 720. The Labute approximate surface area is 116 Å². The number of hydrogen-bond donors (Lipinski definition) is 0. The van der Waals surface area contributed by atoms with Crippen molar-refractivity contribution in [3.63, 3.8) is 0 Å². The molecule has 100 valence electrons. The molecule has 4 nitrogen and oxygen atoms in total. The van der Waals surface area contributed by atoms with Crippen molar-refractivity contribution < 1.29 is 9.53 Å². The first-order chi connectivity index (χ1) is 9.83. The van der Waals surface area contributed by atoms with Crippen molar-refractivity contribution in [2.75, 3.05) is 6.61 Å². The first-order valence-electron chi connectivity index (χ1n) is 6.46. The van der Waals surface area contributed by atoms with E-state index in [1.54, 1.807) is 12.4 Å². The lowest BCUT2D eigenvalue weighted by atomic mass is 10.1. The molecule has 0 bridgehead atoms. The predicted octanol–water partition coefficient (Wildman–Crippen LogP) is 3.15. The zero-order chi connectivity index (χ0) is 13.8. The van der Waals surface area contributed by atoms with E-state index in [2.05, 4.69) is 11.1 Å². The van der Waals surface area contributed by atoms with E-state index in [-0.39, 0.29) is 5.91 Å². The lowest BCUT2D eigenvalue weighted by Gasteiger charge is -2.07. The van der Waals surface area contributed by atoms with Gasteiger partial charge in [-0.05, 0) is 22.9 Å². The molecular weight excluding hydrogens is 252 g/mol. The van der Waals surface area contributed by atoms with Crippen LogP contribution in [0.25, 0.3) is 10.8 Å². The van der Waals surface area contributed by atoms with Crippen LogP contribution in [0.1, 0.15) is 11.2 Å². The Hall–Kier alpha value is -2.62. The van der Waals surface area contributed by atoms with Crippen LogP contribution >= 0.6 is 0 Å². The summed E-state index contributed by atoms with van der Waals surface area (Å²) in [4.78, 5) is 15.6. The molecule has 0 aliphatic heterocycles. The van der Waals surface area contributed by atoms with E-state index >= 15 is 0 Å². The summed E-state index contributed by atoms with van der Waals surface area (Å²) in [5, 5.41) is 2.31. The van der Waals surface area contributed by atoms with Crippen LogP contribution in [0.4, 0.5) is 0 Å². The number of ether oxygens (including phenoxy) is 1. The molecule has 0 saturated carbocycles. The summed E-state index contributed by atoms with van der Waals surface area (Å²) in [5.74, 6) is 0.755. The summed E-state index contributed by atoms with van der Waals surface area (Å²) < 4.78 is 7.09. The zero-order valence-electron chi connectivity index (χ0n) is 10.9. The van der Waals surface area contributed by atoms with Gasteiger partial charge in [0.25, 0.3) is 0 Å². The van der Waals surface area contributed by atoms with Gasteiger partial charge in [-0.3, -0.25) is 9.36 Å². The molecule has 4 heteroatoms. The maximum absolute atomic E-state index is 11.8. The molecule has 1 aromatic heterocycles. The van der Waals surface area contributed by atoms with Crippen LogP contribution in [0.15, 0.2) is 61.2 Å². The number of hydrogen-bond acceptors (Lipinski definition) is 3. The van der Waals surface area contributed by atoms with Crippen molar-refractivity contribution in [3.05, 3.63) is 61.2 Å². The molecule has 2 aromatic carbocycles. The largest absolute Gasteiger partial charge is 0.493 e. The van der Waals surface area contributed by atoms with Gasteiger partial charge >= 0.3 is 0 Å². The second-order valence-corrected chi connectivity index (χ2v) is 4.47. The minimum atomic E-state index is -0.0247. The lowest BCUT2D eigenvalue weighted by Crippen LogP contribution is -2.12. The normalized spacial score (nSPS) is 10.6. The number of imidazole rings is 1. The van der Waals surface area contributed by atoms with Crippen molar-refractivity contribution in [3.8, 4) is 5.75 Å². The molecule has 0 fully saturated rings. The highest BCUT2D eigenvalue weighted by atomic mass is 16.5. The molecule has 0 unspecified atom stereocenters. The Balaban J connectivity index is 1.61. The highest BCUT2D eigenvalue weighted by molar-refractivity contribution is 5.83.